The molecule has 1 amide bonds. The van der Waals surface area contributed by atoms with Crippen LogP contribution in [0.4, 0.5) is 18.9 Å². The van der Waals surface area contributed by atoms with Gasteiger partial charge in [-0.3, -0.25) is 4.79 Å². The third-order valence-electron chi connectivity index (χ3n) is 3.47. The number of nitrogens with one attached hydrogen (secondary N) is 1. The Hall–Kier alpha value is -1.76. The highest BCUT2D eigenvalue weighted by Crippen LogP contribution is 2.35. The first-order valence-electron chi connectivity index (χ1n) is 7.19. The number of benzene rings is 1. The lowest BCUT2D eigenvalue weighted by molar-refractivity contribution is -0.137. The minimum atomic E-state index is -4.51. The zero-order valence-corrected chi connectivity index (χ0v) is 12.5. The second-order valence-electron chi connectivity index (χ2n) is 5.22. The van der Waals surface area contributed by atoms with Crippen LogP contribution in [-0.2, 0) is 10.9 Å². The van der Waals surface area contributed by atoms with E-state index in [4.69, 9.17) is 4.74 Å². The fourth-order valence-corrected chi connectivity index (χ4v) is 2.44. The third kappa shape index (κ3) is 3.71. The second-order valence-corrected chi connectivity index (χ2v) is 5.22. The molecule has 1 unspecified atom stereocenters. The Balaban J connectivity index is 2.29. The molecular formula is C15H19F3N2O2. The number of carbonyl (C=O) groups excluding carboxylic acids is 1. The Morgan fingerprint density at radius 2 is 2.18 bits per heavy atom. The lowest BCUT2D eigenvalue weighted by Crippen LogP contribution is -2.44. The molecule has 0 spiro atoms. The second kappa shape index (κ2) is 6.56. The molecule has 0 bridgehead atoms. The van der Waals surface area contributed by atoms with Crippen molar-refractivity contribution in [2.75, 3.05) is 31.6 Å². The summed E-state index contributed by atoms with van der Waals surface area (Å²) < 4.78 is 44.7. The summed E-state index contributed by atoms with van der Waals surface area (Å²) in [5.41, 5.74) is -0.786. The van der Waals surface area contributed by atoms with Crippen molar-refractivity contribution in [2.24, 2.45) is 0 Å². The summed E-state index contributed by atoms with van der Waals surface area (Å²) >= 11 is 0. The van der Waals surface area contributed by atoms with Crippen molar-refractivity contribution in [3.8, 4) is 0 Å². The molecule has 1 fully saturated rings. The number of carbonyl (C=O) groups is 1. The van der Waals surface area contributed by atoms with Gasteiger partial charge in [0.05, 0.1) is 18.3 Å². The number of alkyl halides is 3. The summed E-state index contributed by atoms with van der Waals surface area (Å²) in [7, 11) is 0. The van der Waals surface area contributed by atoms with Crippen molar-refractivity contribution >= 4 is 11.6 Å². The Kier molecular flexibility index (Phi) is 4.95. The summed E-state index contributed by atoms with van der Waals surface area (Å²) in [6.07, 6.45) is -4.62. The molecule has 22 heavy (non-hydrogen) atoms. The van der Waals surface area contributed by atoms with Crippen molar-refractivity contribution in [3.63, 3.8) is 0 Å². The van der Waals surface area contributed by atoms with E-state index in [-0.39, 0.29) is 17.4 Å². The monoisotopic (exact) mass is 316 g/mol. The van der Waals surface area contributed by atoms with E-state index in [0.29, 0.717) is 26.2 Å². The highest BCUT2D eigenvalue weighted by Gasteiger charge is 2.34. The van der Waals surface area contributed by atoms with Crippen LogP contribution < -0.4 is 5.32 Å². The Morgan fingerprint density at radius 1 is 1.45 bits per heavy atom. The largest absolute Gasteiger partial charge is 0.418 e. The molecule has 1 aromatic rings. The molecule has 0 aliphatic carbocycles. The van der Waals surface area contributed by atoms with Gasteiger partial charge in [0, 0.05) is 30.9 Å². The van der Waals surface area contributed by atoms with Crippen LogP contribution in [0.1, 0.15) is 29.8 Å². The van der Waals surface area contributed by atoms with Crippen molar-refractivity contribution in [1.82, 2.24) is 4.90 Å². The Morgan fingerprint density at radius 3 is 2.77 bits per heavy atom. The van der Waals surface area contributed by atoms with E-state index in [1.54, 1.807) is 6.92 Å². The molecule has 7 heteroatoms. The van der Waals surface area contributed by atoms with E-state index < -0.39 is 17.6 Å². The predicted octanol–water partition coefficient (Wildman–Crippen LogP) is 3.00. The van der Waals surface area contributed by atoms with E-state index in [2.05, 4.69) is 5.32 Å². The summed E-state index contributed by atoms with van der Waals surface area (Å²) in [5, 5.41) is 2.67. The maximum absolute atomic E-state index is 13.1. The normalized spacial score (nSPS) is 19.1. The molecule has 122 valence electrons. The Labute approximate surface area is 127 Å². The summed E-state index contributed by atoms with van der Waals surface area (Å²) in [4.78, 5) is 13.9. The summed E-state index contributed by atoms with van der Waals surface area (Å²) in [5.74, 6) is -0.399. The highest BCUT2D eigenvalue weighted by molar-refractivity contribution is 5.95. The van der Waals surface area contributed by atoms with Gasteiger partial charge < -0.3 is 15.0 Å². The number of hydrogen-bond acceptors (Lipinski definition) is 3. The van der Waals surface area contributed by atoms with Gasteiger partial charge in [0.15, 0.2) is 0 Å². The molecule has 0 radical (unpaired) electrons. The zero-order valence-electron chi connectivity index (χ0n) is 12.5. The first-order valence-corrected chi connectivity index (χ1v) is 7.19. The van der Waals surface area contributed by atoms with Gasteiger partial charge in [-0.15, -0.1) is 0 Å². The van der Waals surface area contributed by atoms with Gasteiger partial charge in [0.1, 0.15) is 0 Å². The number of morpholine rings is 1. The lowest BCUT2D eigenvalue weighted by atomic mass is 10.1. The van der Waals surface area contributed by atoms with Crippen LogP contribution >= 0.6 is 0 Å². The average Bonchev–Trinajstić information content (AvgIpc) is 2.46. The van der Waals surface area contributed by atoms with Crippen LogP contribution in [0, 0.1) is 0 Å². The minimum Gasteiger partial charge on any atom is -0.385 e. The van der Waals surface area contributed by atoms with Crippen molar-refractivity contribution < 1.29 is 22.7 Å². The first kappa shape index (κ1) is 16.6. The van der Waals surface area contributed by atoms with Crippen LogP contribution in [-0.4, -0.2) is 43.2 Å². The molecule has 1 atom stereocenters. The van der Waals surface area contributed by atoms with Crippen molar-refractivity contribution in [2.45, 2.75) is 26.1 Å². The predicted molar refractivity (Wildman–Crippen MR) is 76.9 cm³/mol. The maximum Gasteiger partial charge on any atom is 0.418 e. The van der Waals surface area contributed by atoms with Crippen LogP contribution in [0.3, 0.4) is 0 Å². The van der Waals surface area contributed by atoms with Crippen LogP contribution in [0.5, 0.6) is 0 Å². The van der Waals surface area contributed by atoms with Crippen LogP contribution in [0.2, 0.25) is 0 Å². The van der Waals surface area contributed by atoms with Gasteiger partial charge in [-0.05, 0) is 32.0 Å². The number of halogens is 3. The number of hydrogen-bond donors (Lipinski definition) is 1. The average molecular weight is 316 g/mol. The lowest BCUT2D eigenvalue weighted by Gasteiger charge is -2.31. The molecular weight excluding hydrogens is 297 g/mol. The van der Waals surface area contributed by atoms with Gasteiger partial charge in [-0.2, -0.15) is 13.2 Å². The number of nitrogens with zero attached hydrogens (tertiary/aromatic N) is 1. The van der Waals surface area contributed by atoms with Crippen LogP contribution in [0.15, 0.2) is 18.2 Å². The fraction of sp³-hybridized carbons (Fsp3) is 0.533. The zero-order chi connectivity index (χ0) is 16.3. The molecule has 4 nitrogen and oxygen atoms in total. The molecule has 1 heterocycles. The molecule has 2 rings (SSSR count). The smallest absolute Gasteiger partial charge is 0.385 e. The van der Waals surface area contributed by atoms with Crippen molar-refractivity contribution in [1.29, 1.82) is 0 Å². The van der Waals surface area contributed by atoms with Gasteiger partial charge >= 0.3 is 6.18 Å². The third-order valence-corrected chi connectivity index (χ3v) is 3.47. The number of rotatable bonds is 3. The minimum absolute atomic E-state index is 0.0121. The van der Waals surface area contributed by atoms with Gasteiger partial charge in [0.2, 0.25) is 0 Å². The fourth-order valence-electron chi connectivity index (χ4n) is 2.44. The van der Waals surface area contributed by atoms with Gasteiger partial charge in [-0.1, -0.05) is 0 Å². The highest BCUT2D eigenvalue weighted by atomic mass is 19.4. The van der Waals surface area contributed by atoms with E-state index in [0.717, 1.165) is 6.07 Å². The SMILES string of the molecule is CCNc1ccc(C(=O)N2CCOC(C)C2)cc1C(F)(F)F. The number of anilines is 1. The molecule has 0 saturated carbocycles. The molecule has 1 N–H and O–H groups in total. The number of amides is 1. The van der Waals surface area contributed by atoms with E-state index in [1.165, 1.54) is 17.0 Å². The van der Waals surface area contributed by atoms with E-state index in [9.17, 15) is 18.0 Å². The van der Waals surface area contributed by atoms with Crippen LogP contribution in [0.25, 0.3) is 0 Å². The molecule has 1 aliphatic rings. The first-order chi connectivity index (χ1) is 10.3. The van der Waals surface area contributed by atoms with Gasteiger partial charge in [-0.25, -0.2) is 0 Å². The van der Waals surface area contributed by atoms with E-state index >= 15 is 0 Å². The topological polar surface area (TPSA) is 41.6 Å². The van der Waals surface area contributed by atoms with E-state index in [1.807, 2.05) is 6.92 Å². The molecule has 1 saturated heterocycles. The van der Waals surface area contributed by atoms with Gasteiger partial charge in [0.25, 0.3) is 5.91 Å². The molecule has 1 aromatic carbocycles. The summed E-state index contributed by atoms with van der Waals surface area (Å²) in [6.45, 7) is 5.09. The summed E-state index contributed by atoms with van der Waals surface area (Å²) in [6, 6.07) is 3.65. The molecule has 1 aliphatic heterocycles. The van der Waals surface area contributed by atoms with Crippen molar-refractivity contribution in [3.05, 3.63) is 29.3 Å². The molecule has 0 aromatic heterocycles. The standard InChI is InChI=1S/C15H19F3N2O2/c1-3-19-13-5-4-11(8-12(13)15(16,17)18)14(21)20-6-7-22-10(2)9-20/h4-5,8,10,19H,3,6-7,9H2,1-2H3. The number of ether oxygens (including phenoxy) is 1. The maximum atomic E-state index is 13.1. The quantitative estimate of drug-likeness (QED) is 0.932. The Bertz CT molecular complexity index is 546.